The number of fused-ring (bicyclic) bond motifs is 1. The molecule has 42 heavy (non-hydrogen) atoms. The summed E-state index contributed by atoms with van der Waals surface area (Å²) in [7, 11) is 3.25. The lowest BCUT2D eigenvalue weighted by Gasteiger charge is -2.33. The number of aromatic nitrogens is 4. The van der Waals surface area contributed by atoms with E-state index in [2.05, 4.69) is 21.9 Å². The van der Waals surface area contributed by atoms with Crippen LogP contribution in [0.2, 0.25) is 0 Å². The Morgan fingerprint density at radius 1 is 1.17 bits per heavy atom. The number of nitrogen functional groups attached to an aromatic ring is 1. The molecule has 3 heterocycles. The van der Waals surface area contributed by atoms with E-state index in [1.807, 2.05) is 41.1 Å². The third-order valence-corrected chi connectivity index (χ3v) is 7.39. The van der Waals surface area contributed by atoms with Crippen LogP contribution in [0.15, 0.2) is 29.1 Å². The lowest BCUT2D eigenvalue weighted by molar-refractivity contribution is -0.139. The monoisotopic (exact) mass is 583 g/mol. The highest BCUT2D eigenvalue weighted by Crippen LogP contribution is 2.23. The maximum absolute atomic E-state index is 12.9. The van der Waals surface area contributed by atoms with Gasteiger partial charge < -0.3 is 29.8 Å². The summed E-state index contributed by atoms with van der Waals surface area (Å²) in [6, 6.07) is 7.51. The van der Waals surface area contributed by atoms with Crippen LogP contribution in [-0.4, -0.2) is 94.7 Å². The second kappa shape index (κ2) is 14.7. The maximum atomic E-state index is 12.9. The number of likely N-dealkylation sites (tertiary alicyclic amines) is 1. The first-order chi connectivity index (χ1) is 20.3. The third-order valence-electron chi connectivity index (χ3n) is 7.39. The highest BCUT2D eigenvalue weighted by molar-refractivity contribution is 5.82. The molecule has 0 spiro atoms. The molecule has 1 saturated heterocycles. The van der Waals surface area contributed by atoms with Gasteiger partial charge in [-0.1, -0.05) is 25.5 Å². The van der Waals surface area contributed by atoms with Gasteiger partial charge in [-0.25, -0.2) is 4.79 Å². The van der Waals surface area contributed by atoms with Crippen molar-refractivity contribution < 1.29 is 23.8 Å². The molecule has 0 unspecified atom stereocenters. The molecule has 3 N–H and O–H groups in total. The zero-order valence-corrected chi connectivity index (χ0v) is 24.6. The fourth-order valence-corrected chi connectivity index (χ4v) is 4.91. The minimum absolute atomic E-state index is 0.0645. The molecule has 13 heteroatoms. The number of methoxy groups -OCH3 is 1. The number of imidazole rings is 1. The van der Waals surface area contributed by atoms with Gasteiger partial charge in [0.1, 0.15) is 17.9 Å². The largest absolute Gasteiger partial charge is 0.492 e. The SMILES string of the molecule is CCCCOc1nc(N)c2[nH]c(=O)n(CC3CCN(C(=O)CN(C)CCOc4cccc(CC(=O)OC)c4)CC3)c2n1. The predicted octanol–water partition coefficient (Wildman–Crippen LogP) is 1.85. The summed E-state index contributed by atoms with van der Waals surface area (Å²) in [4.78, 5) is 52.4. The minimum atomic E-state index is -0.303. The molecule has 0 saturated carbocycles. The number of piperidine rings is 1. The number of nitrogens with one attached hydrogen (secondary N) is 1. The molecule has 2 aromatic heterocycles. The number of unbranched alkanes of at least 4 members (excludes halogenated alkanes) is 1. The van der Waals surface area contributed by atoms with E-state index in [4.69, 9.17) is 19.9 Å². The Labute approximate surface area is 244 Å². The van der Waals surface area contributed by atoms with Gasteiger partial charge in [-0.2, -0.15) is 9.97 Å². The summed E-state index contributed by atoms with van der Waals surface area (Å²) < 4.78 is 17.8. The molecule has 0 aliphatic carbocycles. The summed E-state index contributed by atoms with van der Waals surface area (Å²) in [5, 5.41) is 0. The van der Waals surface area contributed by atoms with Crippen molar-refractivity contribution in [3.63, 3.8) is 0 Å². The number of anilines is 1. The smallest absolute Gasteiger partial charge is 0.327 e. The van der Waals surface area contributed by atoms with Crippen LogP contribution in [0.5, 0.6) is 11.8 Å². The lowest BCUT2D eigenvalue weighted by Crippen LogP contribution is -2.44. The molecule has 0 atom stereocenters. The van der Waals surface area contributed by atoms with Gasteiger partial charge in [0.15, 0.2) is 11.5 Å². The number of likely N-dealkylation sites (N-methyl/N-ethyl adjacent to an activating group) is 1. The van der Waals surface area contributed by atoms with Gasteiger partial charge in [-0.05, 0) is 49.9 Å². The number of amides is 1. The van der Waals surface area contributed by atoms with E-state index in [0.29, 0.717) is 56.3 Å². The summed E-state index contributed by atoms with van der Waals surface area (Å²) >= 11 is 0. The summed E-state index contributed by atoms with van der Waals surface area (Å²) in [6.07, 6.45) is 3.60. The average Bonchev–Trinajstić information content (AvgIpc) is 3.28. The summed E-state index contributed by atoms with van der Waals surface area (Å²) in [6.45, 7) is 5.54. The Kier molecular flexibility index (Phi) is 10.8. The van der Waals surface area contributed by atoms with E-state index in [-0.39, 0.29) is 48.3 Å². The second-order valence-electron chi connectivity index (χ2n) is 10.6. The summed E-state index contributed by atoms with van der Waals surface area (Å²) in [5.74, 6) is 0.830. The van der Waals surface area contributed by atoms with Crippen molar-refractivity contribution in [2.24, 2.45) is 5.92 Å². The Hall–Kier alpha value is -4.13. The van der Waals surface area contributed by atoms with Crippen LogP contribution >= 0.6 is 0 Å². The quantitative estimate of drug-likeness (QED) is 0.212. The standard InChI is InChI=1S/C29H41N7O6/c1-4-5-14-42-28-32-26(30)25-27(33-28)36(29(39)31-25)18-20-9-11-35(12-10-20)23(37)19-34(2)13-15-41-22-8-6-7-21(16-22)17-24(38)40-3/h6-8,16,20H,4-5,9-15,17-19H2,1-3H3,(H,31,39)(H2,30,32,33). The molecular weight excluding hydrogens is 542 g/mol. The van der Waals surface area contributed by atoms with Crippen LogP contribution in [0.25, 0.3) is 11.2 Å². The van der Waals surface area contributed by atoms with Crippen molar-refractivity contribution in [2.45, 2.75) is 45.6 Å². The van der Waals surface area contributed by atoms with Gasteiger partial charge in [0, 0.05) is 26.2 Å². The maximum Gasteiger partial charge on any atom is 0.327 e. The Morgan fingerprint density at radius 3 is 2.69 bits per heavy atom. The van der Waals surface area contributed by atoms with Crippen molar-refractivity contribution in [1.29, 1.82) is 0 Å². The highest BCUT2D eigenvalue weighted by atomic mass is 16.5. The first-order valence-corrected chi connectivity index (χ1v) is 14.4. The number of hydrogen-bond donors (Lipinski definition) is 2. The normalized spacial score (nSPS) is 14.0. The van der Waals surface area contributed by atoms with E-state index in [1.165, 1.54) is 7.11 Å². The van der Waals surface area contributed by atoms with Gasteiger partial charge in [0.05, 0.1) is 26.7 Å². The molecule has 228 valence electrons. The highest BCUT2D eigenvalue weighted by Gasteiger charge is 2.25. The van der Waals surface area contributed by atoms with Crippen molar-refractivity contribution in [2.75, 3.05) is 59.3 Å². The van der Waals surface area contributed by atoms with Gasteiger partial charge >= 0.3 is 17.7 Å². The number of hydrogen-bond acceptors (Lipinski definition) is 10. The van der Waals surface area contributed by atoms with Crippen LogP contribution < -0.4 is 20.9 Å². The molecule has 4 rings (SSSR count). The number of esters is 1. The first kappa shape index (κ1) is 30.8. The van der Waals surface area contributed by atoms with Gasteiger partial charge in [-0.3, -0.25) is 19.1 Å². The topological polar surface area (TPSA) is 158 Å². The molecule has 1 aliphatic heterocycles. The first-order valence-electron chi connectivity index (χ1n) is 14.4. The molecule has 0 radical (unpaired) electrons. The number of benzene rings is 1. The van der Waals surface area contributed by atoms with Gasteiger partial charge in [0.2, 0.25) is 5.91 Å². The lowest BCUT2D eigenvalue weighted by atomic mass is 9.96. The Morgan fingerprint density at radius 2 is 1.95 bits per heavy atom. The van der Waals surface area contributed by atoms with Crippen LogP contribution in [0, 0.1) is 5.92 Å². The van der Waals surface area contributed by atoms with Crippen LogP contribution in [0.4, 0.5) is 5.82 Å². The Balaban J connectivity index is 1.23. The fraction of sp³-hybridized carbons (Fsp3) is 0.552. The molecule has 1 fully saturated rings. The zero-order valence-electron chi connectivity index (χ0n) is 24.6. The second-order valence-corrected chi connectivity index (χ2v) is 10.6. The third kappa shape index (κ3) is 8.21. The number of H-pyrrole nitrogens is 1. The number of nitrogens with two attached hydrogens (primary N) is 1. The number of rotatable bonds is 14. The predicted molar refractivity (Wildman–Crippen MR) is 157 cm³/mol. The minimum Gasteiger partial charge on any atom is -0.492 e. The number of aromatic amines is 1. The van der Waals surface area contributed by atoms with E-state index in [0.717, 1.165) is 31.2 Å². The zero-order chi connectivity index (χ0) is 30.1. The Bertz CT molecular complexity index is 1410. The number of carbonyl (C=O) groups excluding carboxylic acids is 2. The van der Waals surface area contributed by atoms with Crippen LogP contribution in [-0.2, 0) is 27.3 Å². The van der Waals surface area contributed by atoms with E-state index >= 15 is 0 Å². The van der Waals surface area contributed by atoms with E-state index in [9.17, 15) is 14.4 Å². The van der Waals surface area contributed by atoms with Crippen molar-refractivity contribution in [1.82, 2.24) is 29.3 Å². The number of carbonyl (C=O) groups is 2. The molecular formula is C29H41N7O6. The molecule has 1 aliphatic rings. The average molecular weight is 584 g/mol. The van der Waals surface area contributed by atoms with Crippen LogP contribution in [0.1, 0.15) is 38.2 Å². The van der Waals surface area contributed by atoms with E-state index in [1.54, 1.807) is 4.57 Å². The van der Waals surface area contributed by atoms with Crippen molar-refractivity contribution >= 4 is 28.9 Å². The van der Waals surface area contributed by atoms with Gasteiger partial charge in [0.25, 0.3) is 0 Å². The molecule has 0 bridgehead atoms. The van der Waals surface area contributed by atoms with E-state index < -0.39 is 0 Å². The molecule has 13 nitrogen and oxygen atoms in total. The molecule has 1 aromatic carbocycles. The summed E-state index contributed by atoms with van der Waals surface area (Å²) in [5.41, 5.74) is 7.46. The van der Waals surface area contributed by atoms with Gasteiger partial charge in [-0.15, -0.1) is 0 Å². The van der Waals surface area contributed by atoms with Crippen molar-refractivity contribution in [3.05, 3.63) is 40.3 Å². The van der Waals surface area contributed by atoms with Crippen molar-refractivity contribution in [3.8, 4) is 11.8 Å². The molecule has 3 aromatic rings. The van der Waals surface area contributed by atoms with Crippen LogP contribution in [0.3, 0.4) is 0 Å². The number of ether oxygens (including phenoxy) is 3. The molecule has 1 amide bonds. The fourth-order valence-electron chi connectivity index (χ4n) is 4.91. The number of nitrogens with zero attached hydrogens (tertiary/aromatic N) is 5.